The number of methoxy groups -OCH3 is 1. The van der Waals surface area contributed by atoms with Crippen LogP contribution in [-0.4, -0.2) is 37.6 Å². The zero-order chi connectivity index (χ0) is 23.5. The third kappa shape index (κ3) is 4.90. The molecule has 1 atom stereocenters. The van der Waals surface area contributed by atoms with Gasteiger partial charge in [0.25, 0.3) is 0 Å². The van der Waals surface area contributed by atoms with Gasteiger partial charge in [-0.3, -0.25) is 9.69 Å². The molecule has 1 amide bonds. The number of furan rings is 1. The molecule has 6 nitrogen and oxygen atoms in total. The molecule has 3 aromatic carbocycles. The summed E-state index contributed by atoms with van der Waals surface area (Å²) in [5.41, 5.74) is 2.79. The van der Waals surface area contributed by atoms with Gasteiger partial charge in [-0.05, 0) is 43.8 Å². The largest absolute Gasteiger partial charge is 0.495 e. The number of ether oxygens (including phenoxy) is 2. The number of hydrogen-bond donors (Lipinski definition) is 1. The van der Waals surface area contributed by atoms with Crippen LogP contribution in [-0.2, 0) is 11.3 Å². The Labute approximate surface area is 189 Å². The van der Waals surface area contributed by atoms with Gasteiger partial charge in [0.2, 0.25) is 5.91 Å². The molecular weight excluding hydrogens is 430 g/mol. The Balaban J connectivity index is 1.48. The van der Waals surface area contributed by atoms with Crippen molar-refractivity contribution in [2.45, 2.75) is 26.1 Å². The number of likely N-dealkylation sites (N-methyl/N-ethyl adjacent to an activating group) is 1. The van der Waals surface area contributed by atoms with E-state index in [4.69, 9.17) is 9.15 Å². The lowest BCUT2D eigenvalue weighted by Gasteiger charge is -2.24. The topological polar surface area (TPSA) is 63.9 Å². The van der Waals surface area contributed by atoms with Crippen LogP contribution in [0.15, 0.2) is 65.1 Å². The molecule has 0 saturated heterocycles. The highest BCUT2D eigenvalue weighted by atomic mass is 19.3. The highest BCUT2D eigenvalue weighted by molar-refractivity contribution is 6.08. The Bertz CT molecular complexity index is 1270. The van der Waals surface area contributed by atoms with Crippen LogP contribution in [0.25, 0.3) is 21.9 Å². The van der Waals surface area contributed by atoms with E-state index in [2.05, 4.69) is 10.1 Å². The van der Waals surface area contributed by atoms with Crippen LogP contribution in [0.5, 0.6) is 11.5 Å². The van der Waals surface area contributed by atoms with Crippen molar-refractivity contribution < 1.29 is 27.5 Å². The summed E-state index contributed by atoms with van der Waals surface area (Å²) in [6, 6.07) is 17.2. The Morgan fingerprint density at radius 2 is 1.79 bits per heavy atom. The summed E-state index contributed by atoms with van der Waals surface area (Å²) in [5.74, 6) is 0.408. The van der Waals surface area contributed by atoms with Gasteiger partial charge in [0.1, 0.15) is 22.7 Å². The summed E-state index contributed by atoms with van der Waals surface area (Å²) in [4.78, 5) is 14.8. The fourth-order valence-electron chi connectivity index (χ4n) is 3.66. The number of carbonyl (C=O) groups excluding carboxylic acids is 1. The van der Waals surface area contributed by atoms with Crippen molar-refractivity contribution in [1.82, 2.24) is 4.90 Å². The number of amides is 1. The third-order valence-electron chi connectivity index (χ3n) is 5.58. The Kier molecular flexibility index (Phi) is 6.46. The molecule has 0 spiro atoms. The van der Waals surface area contributed by atoms with Crippen LogP contribution >= 0.6 is 0 Å². The molecule has 4 aromatic rings. The lowest BCUT2D eigenvalue weighted by Crippen LogP contribution is -2.39. The first-order valence-corrected chi connectivity index (χ1v) is 10.4. The molecule has 0 aliphatic carbocycles. The first kappa shape index (κ1) is 22.5. The van der Waals surface area contributed by atoms with E-state index in [9.17, 15) is 13.6 Å². The molecule has 33 heavy (non-hydrogen) atoms. The van der Waals surface area contributed by atoms with Gasteiger partial charge in [-0.15, -0.1) is 0 Å². The molecule has 8 heteroatoms. The molecule has 0 radical (unpaired) electrons. The van der Waals surface area contributed by atoms with E-state index in [1.165, 1.54) is 12.1 Å². The third-order valence-corrected chi connectivity index (χ3v) is 5.58. The van der Waals surface area contributed by atoms with Crippen molar-refractivity contribution in [3.8, 4) is 11.5 Å². The molecule has 172 valence electrons. The van der Waals surface area contributed by atoms with E-state index in [1.54, 1.807) is 32.2 Å². The van der Waals surface area contributed by atoms with Crippen molar-refractivity contribution >= 4 is 33.5 Å². The molecule has 1 N–H and O–H groups in total. The van der Waals surface area contributed by atoms with Crippen molar-refractivity contribution in [1.29, 1.82) is 0 Å². The van der Waals surface area contributed by atoms with Gasteiger partial charge >= 0.3 is 6.61 Å². The summed E-state index contributed by atoms with van der Waals surface area (Å²) in [7, 11) is 3.36. The maximum absolute atomic E-state index is 13.0. The summed E-state index contributed by atoms with van der Waals surface area (Å²) in [6.45, 7) is -0.628. The number of alkyl halides is 2. The highest BCUT2D eigenvalue weighted by Crippen LogP contribution is 2.36. The van der Waals surface area contributed by atoms with Crippen LogP contribution in [0.1, 0.15) is 12.5 Å². The smallest absolute Gasteiger partial charge is 0.387 e. The number of nitrogens with one attached hydrogen (secondary N) is 1. The number of carbonyl (C=O) groups is 1. The molecule has 0 bridgehead atoms. The lowest BCUT2D eigenvalue weighted by molar-refractivity contribution is -0.120. The Morgan fingerprint density at radius 1 is 1.06 bits per heavy atom. The molecule has 4 rings (SSSR count). The van der Waals surface area contributed by atoms with Gasteiger partial charge in [0.05, 0.1) is 18.8 Å². The van der Waals surface area contributed by atoms with Crippen molar-refractivity contribution in [2.75, 3.05) is 19.5 Å². The first-order valence-electron chi connectivity index (χ1n) is 10.4. The number of para-hydroxylation sites is 1. The standard InChI is InChI=1S/C25H24F2N2O4/c1-15(29(2)14-16-8-10-17(11-9-16)32-25(26)27)24(30)28-20-13-22-19(12-23(20)31-3)18-6-4-5-7-21(18)33-22/h4-13,15,25H,14H2,1-3H3,(H,28,30). The number of anilines is 1. The summed E-state index contributed by atoms with van der Waals surface area (Å²) in [5, 5.41) is 4.81. The van der Waals surface area contributed by atoms with Gasteiger partial charge in [0.15, 0.2) is 0 Å². The van der Waals surface area contributed by atoms with Gasteiger partial charge in [-0.25, -0.2) is 0 Å². The van der Waals surface area contributed by atoms with Crippen molar-refractivity contribution in [2.24, 2.45) is 0 Å². The lowest BCUT2D eigenvalue weighted by atomic mass is 10.1. The molecule has 0 aliphatic heterocycles. The predicted octanol–water partition coefficient (Wildman–Crippen LogP) is 5.66. The maximum Gasteiger partial charge on any atom is 0.387 e. The van der Waals surface area contributed by atoms with E-state index in [-0.39, 0.29) is 11.7 Å². The predicted molar refractivity (Wildman–Crippen MR) is 123 cm³/mol. The number of fused-ring (bicyclic) bond motifs is 3. The fourth-order valence-corrected chi connectivity index (χ4v) is 3.66. The number of rotatable bonds is 8. The SMILES string of the molecule is COc1cc2c(cc1NC(=O)C(C)N(C)Cc1ccc(OC(F)F)cc1)oc1ccccc12. The van der Waals surface area contributed by atoms with Crippen LogP contribution in [0.2, 0.25) is 0 Å². The minimum atomic E-state index is -2.86. The number of benzene rings is 3. The minimum Gasteiger partial charge on any atom is -0.495 e. The fraction of sp³-hybridized carbons (Fsp3) is 0.240. The van der Waals surface area contributed by atoms with E-state index < -0.39 is 12.7 Å². The molecule has 1 heterocycles. The van der Waals surface area contributed by atoms with Gasteiger partial charge in [-0.2, -0.15) is 8.78 Å². The minimum absolute atomic E-state index is 0.0928. The molecule has 0 saturated carbocycles. The number of hydrogen-bond acceptors (Lipinski definition) is 5. The van der Waals surface area contributed by atoms with Gasteiger partial charge in [-0.1, -0.05) is 30.3 Å². The average molecular weight is 454 g/mol. The molecule has 1 aromatic heterocycles. The van der Waals surface area contributed by atoms with E-state index in [0.29, 0.717) is 23.6 Å². The van der Waals surface area contributed by atoms with Crippen molar-refractivity contribution in [3.05, 3.63) is 66.2 Å². The van der Waals surface area contributed by atoms with Crippen LogP contribution < -0.4 is 14.8 Å². The number of nitrogens with zero attached hydrogens (tertiary/aromatic N) is 1. The second-order valence-corrected chi connectivity index (χ2v) is 7.75. The molecule has 0 aliphatic rings. The van der Waals surface area contributed by atoms with E-state index >= 15 is 0 Å². The monoisotopic (exact) mass is 454 g/mol. The van der Waals surface area contributed by atoms with Gasteiger partial charge < -0.3 is 19.2 Å². The number of halogens is 2. The second-order valence-electron chi connectivity index (χ2n) is 7.75. The zero-order valence-electron chi connectivity index (χ0n) is 18.5. The van der Waals surface area contributed by atoms with E-state index in [1.807, 2.05) is 42.3 Å². The van der Waals surface area contributed by atoms with Gasteiger partial charge in [0, 0.05) is 23.4 Å². The van der Waals surface area contributed by atoms with E-state index in [0.717, 1.165) is 21.9 Å². The summed E-state index contributed by atoms with van der Waals surface area (Å²) in [6.07, 6.45) is 0. The van der Waals surface area contributed by atoms with Crippen LogP contribution in [0.4, 0.5) is 14.5 Å². The summed E-state index contributed by atoms with van der Waals surface area (Å²) < 4.78 is 40.4. The van der Waals surface area contributed by atoms with Crippen LogP contribution in [0, 0.1) is 0 Å². The Morgan fingerprint density at radius 3 is 2.48 bits per heavy atom. The van der Waals surface area contributed by atoms with Crippen molar-refractivity contribution in [3.63, 3.8) is 0 Å². The average Bonchev–Trinajstić information content (AvgIpc) is 3.16. The highest BCUT2D eigenvalue weighted by Gasteiger charge is 2.21. The quantitative estimate of drug-likeness (QED) is 0.373. The zero-order valence-corrected chi connectivity index (χ0v) is 18.5. The Hall–Kier alpha value is -3.65. The second kappa shape index (κ2) is 9.46. The summed E-state index contributed by atoms with van der Waals surface area (Å²) >= 11 is 0. The van der Waals surface area contributed by atoms with Crippen LogP contribution in [0.3, 0.4) is 0 Å². The normalized spacial score (nSPS) is 12.5. The molecular formula is C25H24F2N2O4. The molecule has 0 fully saturated rings. The molecule has 1 unspecified atom stereocenters. The first-order chi connectivity index (χ1) is 15.9. The maximum atomic E-state index is 13.0.